The van der Waals surface area contributed by atoms with E-state index in [1.807, 2.05) is 6.07 Å². The molecule has 0 bridgehead atoms. The summed E-state index contributed by atoms with van der Waals surface area (Å²) in [6.45, 7) is 0.858. The maximum absolute atomic E-state index is 12.8. The quantitative estimate of drug-likeness (QED) is 0.647. The van der Waals surface area contributed by atoms with Gasteiger partial charge in [0.15, 0.2) is 0 Å². The van der Waals surface area contributed by atoms with Crippen LogP contribution in [-0.2, 0) is 0 Å². The van der Waals surface area contributed by atoms with Gasteiger partial charge in [-0.1, -0.05) is 12.1 Å². The summed E-state index contributed by atoms with van der Waals surface area (Å²) in [6.07, 6.45) is 0. The second-order valence-corrected chi connectivity index (χ2v) is 3.63. The van der Waals surface area contributed by atoms with Crippen LogP contribution in [0.3, 0.4) is 0 Å². The van der Waals surface area contributed by atoms with Gasteiger partial charge in [0.05, 0.1) is 5.04 Å². The predicted octanol–water partition coefficient (Wildman–Crippen LogP) is 2.32. The fourth-order valence-corrected chi connectivity index (χ4v) is 1.98. The van der Waals surface area contributed by atoms with Gasteiger partial charge in [-0.15, -0.1) is 11.8 Å². The van der Waals surface area contributed by atoms with E-state index in [4.69, 9.17) is 0 Å². The van der Waals surface area contributed by atoms with Crippen LogP contribution in [0.5, 0.6) is 0 Å². The van der Waals surface area contributed by atoms with E-state index in [0.29, 0.717) is 0 Å². The molecule has 1 aromatic rings. The number of nitrogens with zero attached hydrogens (tertiary/aromatic N) is 1. The normalized spacial score (nSPS) is 16.2. The Morgan fingerprint density at radius 2 is 2.33 bits per heavy atom. The molecule has 1 aromatic carbocycles. The molecule has 0 amide bonds. The highest BCUT2D eigenvalue weighted by Crippen LogP contribution is 2.19. The lowest BCUT2D eigenvalue weighted by molar-refractivity contribution is 0.627. The molecule has 0 saturated carbocycles. The highest BCUT2D eigenvalue weighted by atomic mass is 32.2. The van der Waals surface area contributed by atoms with Crippen molar-refractivity contribution in [1.82, 2.24) is 0 Å². The van der Waals surface area contributed by atoms with Gasteiger partial charge in [-0.05, 0) is 12.1 Å². The largest absolute Gasteiger partial charge is 0.277 e. The minimum Gasteiger partial charge on any atom is -0.277 e. The van der Waals surface area contributed by atoms with E-state index >= 15 is 0 Å². The minimum absolute atomic E-state index is 0.192. The van der Waals surface area contributed by atoms with Gasteiger partial charge >= 0.3 is 0 Å². The van der Waals surface area contributed by atoms with Crippen molar-refractivity contribution in [1.29, 1.82) is 0 Å². The monoisotopic (exact) mass is 181 g/mol. The van der Waals surface area contributed by atoms with Crippen LogP contribution >= 0.6 is 11.8 Å². The first kappa shape index (κ1) is 7.80. The molecule has 2 rings (SSSR count). The van der Waals surface area contributed by atoms with Crippen molar-refractivity contribution in [3.8, 4) is 0 Å². The second-order valence-electron chi connectivity index (χ2n) is 2.55. The number of hydrogen-bond donors (Lipinski definition) is 0. The molecule has 0 aromatic heterocycles. The summed E-state index contributed by atoms with van der Waals surface area (Å²) in [5.41, 5.74) is 0.900. The summed E-state index contributed by atoms with van der Waals surface area (Å²) in [5.74, 6) is 0.828. The van der Waals surface area contributed by atoms with Crippen molar-refractivity contribution in [3.63, 3.8) is 0 Å². The van der Waals surface area contributed by atoms with E-state index in [1.54, 1.807) is 17.8 Å². The third-order valence-electron chi connectivity index (χ3n) is 1.66. The molecule has 1 nitrogen and oxygen atoms in total. The predicted molar refractivity (Wildman–Crippen MR) is 50.3 cm³/mol. The Morgan fingerprint density at radius 1 is 1.42 bits per heavy atom. The number of hydrogen-bond acceptors (Lipinski definition) is 2. The first-order valence-corrected chi connectivity index (χ1v) is 4.78. The van der Waals surface area contributed by atoms with E-state index in [1.165, 1.54) is 12.1 Å². The molecule has 12 heavy (non-hydrogen) atoms. The van der Waals surface area contributed by atoms with Crippen LogP contribution in [0.25, 0.3) is 0 Å². The van der Waals surface area contributed by atoms with E-state index in [9.17, 15) is 4.39 Å². The molecule has 1 aliphatic heterocycles. The summed E-state index contributed by atoms with van der Waals surface area (Å²) in [5, 5.41) is 0.967. The van der Waals surface area contributed by atoms with E-state index in [-0.39, 0.29) is 5.82 Å². The van der Waals surface area contributed by atoms with Crippen LogP contribution in [0.2, 0.25) is 0 Å². The molecule has 0 fully saturated rings. The van der Waals surface area contributed by atoms with Crippen LogP contribution in [0.4, 0.5) is 4.39 Å². The van der Waals surface area contributed by atoms with Crippen molar-refractivity contribution in [2.24, 2.45) is 4.99 Å². The third kappa shape index (κ3) is 1.50. The van der Waals surface area contributed by atoms with E-state index in [0.717, 1.165) is 22.9 Å². The maximum Gasteiger partial charge on any atom is 0.123 e. The Balaban J connectivity index is 2.33. The maximum atomic E-state index is 12.8. The molecule has 0 spiro atoms. The standard InChI is InChI=1S/C9H8FNS/c10-8-3-1-2-7(6-8)9-11-4-5-12-9/h1-3,6H,4-5H2. The second kappa shape index (κ2) is 3.27. The first-order chi connectivity index (χ1) is 5.86. The molecule has 1 heterocycles. The molecular weight excluding hydrogens is 173 g/mol. The molecule has 3 heteroatoms. The molecule has 0 aliphatic carbocycles. The molecular formula is C9H8FNS. The van der Waals surface area contributed by atoms with Crippen LogP contribution in [-0.4, -0.2) is 17.3 Å². The first-order valence-electron chi connectivity index (χ1n) is 3.79. The SMILES string of the molecule is Fc1cccc(C2=NCCS2)c1. The summed E-state index contributed by atoms with van der Waals surface area (Å²) >= 11 is 1.69. The highest BCUT2D eigenvalue weighted by molar-refractivity contribution is 8.14. The molecule has 0 N–H and O–H groups in total. The average Bonchev–Trinajstić information content (AvgIpc) is 2.56. The number of rotatable bonds is 1. The molecule has 0 atom stereocenters. The molecule has 0 saturated heterocycles. The number of halogens is 1. The van der Waals surface area contributed by atoms with Crippen LogP contribution in [0.15, 0.2) is 29.3 Å². The molecule has 0 radical (unpaired) electrons. The van der Waals surface area contributed by atoms with Gasteiger partial charge in [0, 0.05) is 17.9 Å². The Hall–Kier alpha value is -0.830. The fourth-order valence-electron chi connectivity index (χ4n) is 1.13. The summed E-state index contributed by atoms with van der Waals surface area (Å²) in [4.78, 5) is 4.26. The van der Waals surface area contributed by atoms with Gasteiger partial charge < -0.3 is 0 Å². The molecule has 0 unspecified atom stereocenters. The Labute approximate surface area is 74.7 Å². The van der Waals surface area contributed by atoms with Crippen molar-refractivity contribution in [2.45, 2.75) is 0 Å². The van der Waals surface area contributed by atoms with Gasteiger partial charge in [-0.3, -0.25) is 4.99 Å². The summed E-state index contributed by atoms with van der Waals surface area (Å²) < 4.78 is 12.8. The van der Waals surface area contributed by atoms with Gasteiger partial charge in [0.25, 0.3) is 0 Å². The van der Waals surface area contributed by atoms with Crippen molar-refractivity contribution < 1.29 is 4.39 Å². The van der Waals surface area contributed by atoms with Gasteiger partial charge in [0.2, 0.25) is 0 Å². The van der Waals surface area contributed by atoms with E-state index in [2.05, 4.69) is 4.99 Å². The van der Waals surface area contributed by atoms with Crippen molar-refractivity contribution >= 4 is 16.8 Å². The van der Waals surface area contributed by atoms with Crippen LogP contribution < -0.4 is 0 Å². The zero-order valence-electron chi connectivity index (χ0n) is 6.46. The zero-order valence-corrected chi connectivity index (χ0v) is 7.27. The third-order valence-corrected chi connectivity index (χ3v) is 2.68. The number of benzene rings is 1. The zero-order chi connectivity index (χ0) is 8.39. The molecule has 62 valence electrons. The lowest BCUT2D eigenvalue weighted by Gasteiger charge is -1.98. The number of aliphatic imine (C=N–C) groups is 1. The van der Waals surface area contributed by atoms with Crippen LogP contribution in [0.1, 0.15) is 5.56 Å². The van der Waals surface area contributed by atoms with Crippen molar-refractivity contribution in [2.75, 3.05) is 12.3 Å². The lowest BCUT2D eigenvalue weighted by atomic mass is 10.2. The highest BCUT2D eigenvalue weighted by Gasteiger charge is 2.09. The number of thioether (sulfide) groups is 1. The van der Waals surface area contributed by atoms with Gasteiger partial charge in [-0.25, -0.2) is 4.39 Å². The van der Waals surface area contributed by atoms with Crippen molar-refractivity contribution in [3.05, 3.63) is 35.6 Å². The average molecular weight is 181 g/mol. The fraction of sp³-hybridized carbons (Fsp3) is 0.222. The topological polar surface area (TPSA) is 12.4 Å². The van der Waals surface area contributed by atoms with Gasteiger partial charge in [0.1, 0.15) is 5.82 Å². The Morgan fingerprint density at radius 3 is 3.00 bits per heavy atom. The summed E-state index contributed by atoms with van der Waals surface area (Å²) in [7, 11) is 0. The Bertz CT molecular complexity index is 322. The minimum atomic E-state index is -0.192. The van der Waals surface area contributed by atoms with Gasteiger partial charge in [-0.2, -0.15) is 0 Å². The van der Waals surface area contributed by atoms with Crippen LogP contribution in [0, 0.1) is 5.82 Å². The lowest BCUT2D eigenvalue weighted by Crippen LogP contribution is -1.91. The Kier molecular flexibility index (Phi) is 2.13. The van der Waals surface area contributed by atoms with E-state index < -0.39 is 0 Å². The molecule has 1 aliphatic rings. The smallest absolute Gasteiger partial charge is 0.123 e. The summed E-state index contributed by atoms with van der Waals surface area (Å²) in [6, 6.07) is 6.58.